The summed E-state index contributed by atoms with van der Waals surface area (Å²) in [4.78, 5) is 12.8. The standard InChI is InChI=1S/C24H23ClN2O6S/c1-31-19-9-11-21(12-10-19)34(29,30)27(18-6-4-5-17(25)13-18)15-24(28)26-14-20-16-32-22-7-2-3-8-23(22)33-20/h2-13,20H,14-16H2,1H3,(H,26,28)/t20-/m1/s1. The topological polar surface area (TPSA) is 94.2 Å². The Labute approximate surface area is 203 Å². The number of methoxy groups -OCH3 is 1. The fourth-order valence-corrected chi connectivity index (χ4v) is 5.00. The molecule has 3 aromatic carbocycles. The molecule has 34 heavy (non-hydrogen) atoms. The van der Waals surface area contributed by atoms with Crippen LogP contribution < -0.4 is 23.8 Å². The molecule has 1 aliphatic heterocycles. The van der Waals surface area contributed by atoms with Gasteiger partial charge in [-0.05, 0) is 54.6 Å². The first kappa shape index (κ1) is 23.7. The number of anilines is 1. The summed E-state index contributed by atoms with van der Waals surface area (Å²) in [6.07, 6.45) is -0.406. The summed E-state index contributed by atoms with van der Waals surface area (Å²) in [5.74, 6) is 1.25. The fraction of sp³-hybridized carbons (Fsp3) is 0.208. The van der Waals surface area contributed by atoms with Crippen LogP contribution in [-0.4, -0.2) is 47.2 Å². The molecule has 1 amide bonds. The number of ether oxygens (including phenoxy) is 3. The fourth-order valence-electron chi connectivity index (χ4n) is 3.40. The van der Waals surface area contributed by atoms with Gasteiger partial charge in [-0.2, -0.15) is 0 Å². The van der Waals surface area contributed by atoms with Gasteiger partial charge in [0.2, 0.25) is 5.91 Å². The summed E-state index contributed by atoms with van der Waals surface area (Å²) in [7, 11) is -2.58. The van der Waals surface area contributed by atoms with Crippen molar-refractivity contribution >= 4 is 33.2 Å². The second kappa shape index (κ2) is 10.2. The summed E-state index contributed by atoms with van der Waals surface area (Å²) in [5, 5.41) is 3.08. The molecule has 0 fully saturated rings. The molecule has 1 heterocycles. The Morgan fingerprint density at radius 1 is 1.09 bits per heavy atom. The Kier molecular flexibility index (Phi) is 7.14. The molecule has 0 aliphatic carbocycles. The van der Waals surface area contributed by atoms with E-state index in [0.29, 0.717) is 22.3 Å². The van der Waals surface area contributed by atoms with Crippen LogP contribution in [-0.2, 0) is 14.8 Å². The van der Waals surface area contributed by atoms with Gasteiger partial charge in [0.15, 0.2) is 11.5 Å². The number of halogens is 1. The van der Waals surface area contributed by atoms with E-state index in [4.69, 9.17) is 25.8 Å². The van der Waals surface area contributed by atoms with E-state index in [1.165, 1.54) is 25.3 Å². The second-order valence-electron chi connectivity index (χ2n) is 7.47. The molecule has 0 spiro atoms. The SMILES string of the molecule is COc1ccc(S(=O)(=O)N(CC(=O)NC[C@@H]2COc3ccccc3O2)c2cccc(Cl)c2)cc1. The number of nitrogens with zero attached hydrogens (tertiary/aromatic N) is 1. The van der Waals surface area contributed by atoms with E-state index in [1.807, 2.05) is 12.1 Å². The molecule has 0 saturated carbocycles. The summed E-state index contributed by atoms with van der Waals surface area (Å²) >= 11 is 6.10. The number of carbonyl (C=O) groups is 1. The van der Waals surface area contributed by atoms with Gasteiger partial charge in [0, 0.05) is 5.02 Å². The van der Waals surface area contributed by atoms with Crippen molar-refractivity contribution in [2.45, 2.75) is 11.0 Å². The number of hydrogen-bond acceptors (Lipinski definition) is 6. The molecule has 4 rings (SSSR count). The highest BCUT2D eigenvalue weighted by molar-refractivity contribution is 7.92. The number of para-hydroxylation sites is 2. The van der Waals surface area contributed by atoms with Gasteiger partial charge in [-0.15, -0.1) is 0 Å². The van der Waals surface area contributed by atoms with Crippen molar-refractivity contribution in [1.29, 1.82) is 0 Å². The Balaban J connectivity index is 1.50. The van der Waals surface area contributed by atoms with E-state index < -0.39 is 28.6 Å². The van der Waals surface area contributed by atoms with Crippen molar-refractivity contribution < 1.29 is 27.4 Å². The van der Waals surface area contributed by atoms with Crippen LogP contribution in [0.1, 0.15) is 0 Å². The van der Waals surface area contributed by atoms with E-state index in [9.17, 15) is 13.2 Å². The maximum atomic E-state index is 13.4. The lowest BCUT2D eigenvalue weighted by Crippen LogP contribution is -2.45. The smallest absolute Gasteiger partial charge is 0.264 e. The van der Waals surface area contributed by atoms with Crippen LogP contribution in [0.3, 0.4) is 0 Å². The number of rotatable bonds is 8. The summed E-state index contributed by atoms with van der Waals surface area (Å²) < 4.78 is 44.5. The maximum absolute atomic E-state index is 13.4. The Bertz CT molecular complexity index is 1270. The molecule has 8 nitrogen and oxygen atoms in total. The lowest BCUT2D eigenvalue weighted by Gasteiger charge is -2.27. The molecular formula is C24H23ClN2O6S. The number of carbonyl (C=O) groups excluding carboxylic acids is 1. The van der Waals surface area contributed by atoms with Crippen LogP contribution in [0.25, 0.3) is 0 Å². The first-order valence-electron chi connectivity index (χ1n) is 10.4. The van der Waals surface area contributed by atoms with E-state index in [1.54, 1.807) is 42.5 Å². The van der Waals surface area contributed by atoms with Crippen LogP contribution in [0.4, 0.5) is 5.69 Å². The maximum Gasteiger partial charge on any atom is 0.264 e. The Morgan fingerprint density at radius 2 is 1.82 bits per heavy atom. The predicted octanol–water partition coefficient (Wildman–Crippen LogP) is 3.50. The van der Waals surface area contributed by atoms with Crippen molar-refractivity contribution in [3.8, 4) is 17.2 Å². The van der Waals surface area contributed by atoms with Gasteiger partial charge in [0.25, 0.3) is 10.0 Å². The summed E-state index contributed by atoms with van der Waals surface area (Å²) in [6.45, 7) is -0.0303. The number of hydrogen-bond donors (Lipinski definition) is 1. The molecule has 0 saturated heterocycles. The minimum Gasteiger partial charge on any atom is -0.497 e. The average molecular weight is 503 g/mol. The molecule has 1 aliphatic rings. The number of amides is 1. The van der Waals surface area contributed by atoms with Crippen LogP contribution in [0.5, 0.6) is 17.2 Å². The summed E-state index contributed by atoms with van der Waals surface area (Å²) in [6, 6.07) is 19.5. The van der Waals surface area contributed by atoms with E-state index in [-0.39, 0.29) is 23.7 Å². The molecule has 1 atom stereocenters. The molecule has 0 aromatic heterocycles. The van der Waals surface area contributed by atoms with Gasteiger partial charge < -0.3 is 19.5 Å². The second-order valence-corrected chi connectivity index (χ2v) is 9.77. The zero-order chi connectivity index (χ0) is 24.1. The van der Waals surface area contributed by atoms with Gasteiger partial charge in [-0.1, -0.05) is 29.8 Å². The Morgan fingerprint density at radius 3 is 2.53 bits per heavy atom. The van der Waals surface area contributed by atoms with Gasteiger partial charge in [0.05, 0.1) is 24.2 Å². The highest BCUT2D eigenvalue weighted by Crippen LogP contribution is 2.31. The molecule has 178 valence electrons. The van der Waals surface area contributed by atoms with Gasteiger partial charge >= 0.3 is 0 Å². The van der Waals surface area contributed by atoms with Crippen LogP contribution >= 0.6 is 11.6 Å². The van der Waals surface area contributed by atoms with Crippen molar-refractivity contribution in [3.05, 3.63) is 77.8 Å². The van der Waals surface area contributed by atoms with Crippen molar-refractivity contribution in [3.63, 3.8) is 0 Å². The molecule has 10 heteroatoms. The lowest BCUT2D eigenvalue weighted by molar-refractivity contribution is -0.120. The van der Waals surface area contributed by atoms with Crippen LogP contribution in [0.2, 0.25) is 5.02 Å². The lowest BCUT2D eigenvalue weighted by atomic mass is 10.2. The third-order valence-corrected chi connectivity index (χ3v) is 7.15. The van der Waals surface area contributed by atoms with Crippen molar-refractivity contribution in [2.24, 2.45) is 0 Å². The van der Waals surface area contributed by atoms with Crippen molar-refractivity contribution in [1.82, 2.24) is 5.32 Å². The summed E-state index contributed by atoms with van der Waals surface area (Å²) in [5.41, 5.74) is 0.268. The third-order valence-electron chi connectivity index (χ3n) is 5.13. The van der Waals surface area contributed by atoms with Gasteiger partial charge in [-0.25, -0.2) is 8.42 Å². The third kappa shape index (κ3) is 5.37. The Hall–Kier alpha value is -3.43. The van der Waals surface area contributed by atoms with Crippen LogP contribution in [0, 0.1) is 0 Å². The number of nitrogens with one attached hydrogen (secondary N) is 1. The number of sulfonamides is 1. The molecule has 1 N–H and O–H groups in total. The molecular weight excluding hydrogens is 480 g/mol. The van der Waals surface area contributed by atoms with Crippen LogP contribution in [0.15, 0.2) is 77.7 Å². The zero-order valence-electron chi connectivity index (χ0n) is 18.3. The first-order chi connectivity index (χ1) is 16.4. The minimum absolute atomic E-state index is 0.0155. The highest BCUT2D eigenvalue weighted by Gasteiger charge is 2.28. The normalized spacial score (nSPS) is 14.8. The van der Waals surface area contributed by atoms with Gasteiger partial charge in [0.1, 0.15) is 25.0 Å². The minimum atomic E-state index is -4.07. The molecule has 0 radical (unpaired) electrons. The zero-order valence-corrected chi connectivity index (χ0v) is 19.9. The van der Waals surface area contributed by atoms with E-state index in [2.05, 4.69) is 5.32 Å². The molecule has 3 aromatic rings. The first-order valence-corrected chi connectivity index (χ1v) is 12.3. The van der Waals surface area contributed by atoms with E-state index >= 15 is 0 Å². The molecule has 0 unspecified atom stereocenters. The average Bonchev–Trinajstić information content (AvgIpc) is 2.85. The largest absolute Gasteiger partial charge is 0.497 e. The number of benzene rings is 3. The highest BCUT2D eigenvalue weighted by atomic mass is 35.5. The van der Waals surface area contributed by atoms with Gasteiger partial charge in [-0.3, -0.25) is 9.10 Å². The van der Waals surface area contributed by atoms with E-state index in [0.717, 1.165) is 4.31 Å². The van der Waals surface area contributed by atoms with Crippen molar-refractivity contribution in [2.75, 3.05) is 31.1 Å². The monoisotopic (exact) mass is 502 g/mol. The quantitative estimate of drug-likeness (QED) is 0.506. The number of fused-ring (bicyclic) bond motifs is 1. The predicted molar refractivity (Wildman–Crippen MR) is 128 cm³/mol. The molecule has 0 bridgehead atoms.